The molecule has 1 aromatic rings. The van der Waals surface area contributed by atoms with Crippen molar-refractivity contribution in [3.05, 3.63) is 34.3 Å². The van der Waals surface area contributed by atoms with Crippen LogP contribution < -0.4 is 11.1 Å². The molecule has 0 fully saturated rings. The molecule has 2 amide bonds. The molecule has 0 spiro atoms. The first-order valence-electron chi connectivity index (χ1n) is 6.20. The minimum Gasteiger partial charge on any atom is -0.444 e. The summed E-state index contributed by atoms with van der Waals surface area (Å²) in [5.41, 5.74) is 5.58. The van der Waals surface area contributed by atoms with Gasteiger partial charge in [0, 0.05) is 10.9 Å². The van der Waals surface area contributed by atoms with Gasteiger partial charge in [-0.3, -0.25) is 4.79 Å². The number of carbonyl (C=O) groups excluding carboxylic acids is 2. The summed E-state index contributed by atoms with van der Waals surface area (Å²) in [5.74, 6) is -0.601. The third-order valence-corrected chi connectivity index (χ3v) is 2.86. The molecule has 0 aliphatic carbocycles. The van der Waals surface area contributed by atoms with Gasteiger partial charge in [-0.25, -0.2) is 4.79 Å². The Labute approximate surface area is 127 Å². The lowest BCUT2D eigenvalue weighted by Gasteiger charge is -2.22. The van der Waals surface area contributed by atoms with Crippen molar-refractivity contribution in [2.45, 2.75) is 38.8 Å². The molecule has 0 aliphatic rings. The van der Waals surface area contributed by atoms with Crippen LogP contribution in [0.5, 0.6) is 0 Å². The molecule has 1 aromatic carbocycles. The second-order valence-corrected chi connectivity index (χ2v) is 6.35. The molecule has 0 saturated heterocycles. The third kappa shape index (κ3) is 6.06. The Morgan fingerprint density at radius 3 is 2.55 bits per heavy atom. The maximum atomic E-state index is 11.7. The monoisotopic (exact) mass is 342 g/mol. The number of nitrogens with two attached hydrogens (primary N) is 1. The van der Waals surface area contributed by atoms with Crippen LogP contribution in [0, 0.1) is 0 Å². The van der Waals surface area contributed by atoms with Crippen molar-refractivity contribution in [1.82, 2.24) is 5.32 Å². The van der Waals surface area contributed by atoms with Crippen LogP contribution in [-0.4, -0.2) is 23.6 Å². The highest BCUT2D eigenvalue weighted by Crippen LogP contribution is 2.13. The van der Waals surface area contributed by atoms with Crippen LogP contribution in [0.3, 0.4) is 0 Å². The topological polar surface area (TPSA) is 81.4 Å². The van der Waals surface area contributed by atoms with Crippen molar-refractivity contribution in [2.24, 2.45) is 5.73 Å². The smallest absolute Gasteiger partial charge is 0.408 e. The van der Waals surface area contributed by atoms with E-state index in [1.54, 1.807) is 20.8 Å². The Morgan fingerprint density at radius 1 is 1.40 bits per heavy atom. The summed E-state index contributed by atoms with van der Waals surface area (Å²) in [6.45, 7) is 5.25. The summed E-state index contributed by atoms with van der Waals surface area (Å²) in [4.78, 5) is 23.1. The predicted molar refractivity (Wildman–Crippen MR) is 80.2 cm³/mol. The van der Waals surface area contributed by atoms with Crippen LogP contribution in [0.4, 0.5) is 4.79 Å². The van der Waals surface area contributed by atoms with Gasteiger partial charge in [0.25, 0.3) is 0 Å². The molecule has 0 heterocycles. The summed E-state index contributed by atoms with van der Waals surface area (Å²) < 4.78 is 6.01. The van der Waals surface area contributed by atoms with E-state index in [1.807, 2.05) is 24.3 Å². The van der Waals surface area contributed by atoms with E-state index in [-0.39, 0.29) is 0 Å². The normalized spacial score (nSPS) is 12.6. The van der Waals surface area contributed by atoms with Gasteiger partial charge >= 0.3 is 6.09 Å². The minimum atomic E-state index is -0.806. The van der Waals surface area contributed by atoms with Gasteiger partial charge in [0.2, 0.25) is 5.91 Å². The lowest BCUT2D eigenvalue weighted by molar-refractivity contribution is -0.120. The van der Waals surface area contributed by atoms with Gasteiger partial charge in [-0.2, -0.15) is 0 Å². The van der Waals surface area contributed by atoms with Crippen LogP contribution in [0.2, 0.25) is 0 Å². The summed E-state index contributed by atoms with van der Waals surface area (Å²) in [7, 11) is 0. The quantitative estimate of drug-likeness (QED) is 0.881. The van der Waals surface area contributed by atoms with E-state index in [1.165, 1.54) is 0 Å². The second kappa shape index (κ2) is 6.74. The first kappa shape index (κ1) is 16.5. The second-order valence-electron chi connectivity index (χ2n) is 5.44. The summed E-state index contributed by atoms with van der Waals surface area (Å²) in [5, 5.41) is 2.49. The zero-order valence-electron chi connectivity index (χ0n) is 11.8. The van der Waals surface area contributed by atoms with Gasteiger partial charge in [-0.15, -0.1) is 0 Å². The van der Waals surface area contributed by atoms with E-state index < -0.39 is 23.6 Å². The first-order valence-corrected chi connectivity index (χ1v) is 7.00. The number of rotatable bonds is 4. The average Bonchev–Trinajstić information content (AvgIpc) is 2.25. The largest absolute Gasteiger partial charge is 0.444 e. The van der Waals surface area contributed by atoms with Crippen molar-refractivity contribution >= 4 is 27.9 Å². The minimum absolute atomic E-state index is 0.314. The molecule has 3 N–H and O–H groups in total. The number of nitrogens with one attached hydrogen (secondary N) is 1. The molecule has 0 radical (unpaired) electrons. The van der Waals surface area contributed by atoms with Crippen molar-refractivity contribution in [1.29, 1.82) is 0 Å². The number of hydrogen-bond acceptors (Lipinski definition) is 3. The Hall–Kier alpha value is -1.56. The van der Waals surface area contributed by atoms with Gasteiger partial charge in [0.05, 0.1) is 0 Å². The van der Waals surface area contributed by atoms with E-state index in [0.717, 1.165) is 10.0 Å². The standard InChI is InChI=1S/C14H19BrN2O3/c1-14(2,3)20-13(19)17-11(12(16)18)8-9-5-4-6-10(15)7-9/h4-7,11H,8H2,1-3H3,(H2,16,18)(H,17,19). The van der Waals surface area contributed by atoms with Crippen LogP contribution >= 0.6 is 15.9 Å². The Morgan fingerprint density at radius 2 is 2.05 bits per heavy atom. The molecule has 0 saturated carbocycles. The molecular formula is C14H19BrN2O3. The van der Waals surface area contributed by atoms with Gasteiger partial charge in [0.1, 0.15) is 11.6 Å². The van der Waals surface area contributed by atoms with Crippen LogP contribution in [-0.2, 0) is 16.0 Å². The van der Waals surface area contributed by atoms with Gasteiger partial charge in [0.15, 0.2) is 0 Å². The van der Waals surface area contributed by atoms with Crippen LogP contribution in [0.25, 0.3) is 0 Å². The Balaban J connectivity index is 2.71. The number of benzene rings is 1. The molecule has 6 heteroatoms. The number of hydrogen-bond donors (Lipinski definition) is 2. The highest BCUT2D eigenvalue weighted by Gasteiger charge is 2.22. The van der Waals surface area contributed by atoms with Crippen molar-refractivity contribution in [3.63, 3.8) is 0 Å². The van der Waals surface area contributed by atoms with E-state index in [2.05, 4.69) is 21.2 Å². The molecular weight excluding hydrogens is 324 g/mol. The lowest BCUT2D eigenvalue weighted by atomic mass is 10.1. The zero-order valence-corrected chi connectivity index (χ0v) is 13.4. The molecule has 20 heavy (non-hydrogen) atoms. The fraction of sp³-hybridized carbons (Fsp3) is 0.429. The van der Waals surface area contributed by atoms with E-state index >= 15 is 0 Å². The zero-order chi connectivity index (χ0) is 15.3. The highest BCUT2D eigenvalue weighted by molar-refractivity contribution is 9.10. The Kier molecular flexibility index (Phi) is 5.56. The van der Waals surface area contributed by atoms with Crippen LogP contribution in [0.1, 0.15) is 26.3 Å². The highest BCUT2D eigenvalue weighted by atomic mass is 79.9. The molecule has 0 aromatic heterocycles. The number of ether oxygens (including phenoxy) is 1. The molecule has 0 aliphatic heterocycles. The third-order valence-electron chi connectivity index (χ3n) is 2.36. The van der Waals surface area contributed by atoms with Crippen LogP contribution in [0.15, 0.2) is 28.7 Å². The fourth-order valence-corrected chi connectivity index (χ4v) is 2.02. The van der Waals surface area contributed by atoms with Gasteiger partial charge < -0.3 is 15.8 Å². The number of primary amides is 1. The lowest BCUT2D eigenvalue weighted by Crippen LogP contribution is -2.47. The number of carbonyl (C=O) groups is 2. The van der Waals surface area contributed by atoms with Gasteiger partial charge in [-0.1, -0.05) is 28.1 Å². The first-order chi connectivity index (χ1) is 9.17. The maximum absolute atomic E-state index is 11.7. The molecule has 1 atom stereocenters. The molecule has 1 unspecified atom stereocenters. The number of halogens is 1. The fourth-order valence-electron chi connectivity index (χ4n) is 1.57. The molecule has 0 bridgehead atoms. The number of alkyl carbamates (subject to hydrolysis) is 1. The van der Waals surface area contributed by atoms with E-state index in [9.17, 15) is 9.59 Å². The Bertz CT molecular complexity index is 497. The predicted octanol–water partition coefficient (Wildman–Crippen LogP) is 2.37. The molecule has 1 rings (SSSR count). The molecule has 110 valence electrons. The molecule has 5 nitrogen and oxygen atoms in total. The van der Waals surface area contributed by atoms with Crippen molar-refractivity contribution in [2.75, 3.05) is 0 Å². The van der Waals surface area contributed by atoms with Gasteiger partial charge in [-0.05, 0) is 38.5 Å². The van der Waals surface area contributed by atoms with E-state index in [4.69, 9.17) is 10.5 Å². The van der Waals surface area contributed by atoms with Crippen molar-refractivity contribution < 1.29 is 14.3 Å². The summed E-state index contributed by atoms with van der Waals surface area (Å²) in [6, 6.07) is 6.65. The van der Waals surface area contributed by atoms with Crippen molar-refractivity contribution in [3.8, 4) is 0 Å². The maximum Gasteiger partial charge on any atom is 0.408 e. The number of amides is 2. The summed E-state index contributed by atoms with van der Waals surface area (Å²) >= 11 is 3.35. The SMILES string of the molecule is CC(C)(C)OC(=O)NC(Cc1cccc(Br)c1)C(N)=O. The summed E-state index contributed by atoms with van der Waals surface area (Å²) in [6.07, 6.45) is -0.343. The average molecular weight is 343 g/mol. The van der Waals surface area contributed by atoms with E-state index in [0.29, 0.717) is 6.42 Å².